The number of nitrogens with zero attached hydrogens (tertiary/aromatic N) is 1. The van der Waals surface area contributed by atoms with E-state index in [1.54, 1.807) is 12.1 Å². The van der Waals surface area contributed by atoms with Crippen LogP contribution in [0.1, 0.15) is 31.2 Å². The molecule has 0 fully saturated rings. The van der Waals surface area contributed by atoms with Gasteiger partial charge in [-0.2, -0.15) is 0 Å². The zero-order chi connectivity index (χ0) is 19.4. The molecule has 0 aliphatic rings. The number of nitrogens with two attached hydrogens (primary N) is 3. The average molecular weight is 364 g/mol. The molecule has 1 unspecified atom stereocenters. The maximum Gasteiger partial charge on any atom is 0.269 e. The second kappa shape index (κ2) is 11.8. The van der Waals surface area contributed by atoms with Gasteiger partial charge in [-0.05, 0) is 49.9 Å². The van der Waals surface area contributed by atoms with Crippen LogP contribution in [-0.4, -0.2) is 42.2 Å². The van der Waals surface area contributed by atoms with E-state index >= 15 is 0 Å². The number of hydrogen-bond donors (Lipinski definition) is 6. The second-order valence-electron chi connectivity index (χ2n) is 5.81. The van der Waals surface area contributed by atoms with Crippen LogP contribution >= 0.6 is 0 Å². The number of nitrogens with one attached hydrogen (secondary N) is 2. The number of carbonyl (C=O) groups excluding carboxylic acids is 2. The fourth-order valence-corrected chi connectivity index (χ4v) is 2.21. The first-order chi connectivity index (χ1) is 12.4. The van der Waals surface area contributed by atoms with Crippen molar-refractivity contribution in [2.45, 2.75) is 38.3 Å². The van der Waals surface area contributed by atoms with Gasteiger partial charge in [0.25, 0.3) is 5.91 Å². The van der Waals surface area contributed by atoms with Crippen LogP contribution in [0.15, 0.2) is 29.3 Å². The third-order valence-electron chi connectivity index (χ3n) is 3.54. The Morgan fingerprint density at radius 3 is 2.42 bits per heavy atom. The summed E-state index contributed by atoms with van der Waals surface area (Å²) in [5.41, 5.74) is 17.7. The van der Waals surface area contributed by atoms with Crippen molar-refractivity contribution in [3.63, 3.8) is 0 Å². The van der Waals surface area contributed by atoms with Crippen molar-refractivity contribution in [3.8, 4) is 0 Å². The van der Waals surface area contributed by atoms with Gasteiger partial charge in [-0.1, -0.05) is 12.1 Å². The number of guanidine groups is 1. The Balaban J connectivity index is 2.27. The summed E-state index contributed by atoms with van der Waals surface area (Å²) in [4.78, 5) is 27.3. The smallest absolute Gasteiger partial charge is 0.269 e. The van der Waals surface area contributed by atoms with Crippen LogP contribution in [-0.2, 0) is 16.0 Å². The number of aliphatic hydroxyl groups is 1. The van der Waals surface area contributed by atoms with E-state index in [-0.39, 0.29) is 18.3 Å². The van der Waals surface area contributed by atoms with Crippen molar-refractivity contribution in [2.75, 3.05) is 13.1 Å². The Morgan fingerprint density at radius 2 is 1.81 bits per heavy atom. The van der Waals surface area contributed by atoms with Crippen molar-refractivity contribution >= 4 is 23.5 Å². The number of aliphatic hydroxyl groups excluding tert-OH is 1. The Kier molecular flexibility index (Phi) is 9.73. The number of unbranched alkanes of at least 4 members (excludes halogenated alkanes) is 1. The molecule has 1 atom stereocenters. The SMILES string of the molecule is NCCCCNC(=O)C(O)NC(=O)CCCc1ccc(N=C(N)N)cc1. The van der Waals surface area contributed by atoms with E-state index in [0.717, 1.165) is 18.4 Å². The van der Waals surface area contributed by atoms with Gasteiger partial charge >= 0.3 is 0 Å². The lowest BCUT2D eigenvalue weighted by Gasteiger charge is -2.13. The van der Waals surface area contributed by atoms with Crippen molar-refractivity contribution in [2.24, 2.45) is 22.2 Å². The summed E-state index contributed by atoms with van der Waals surface area (Å²) in [5, 5.41) is 14.5. The Morgan fingerprint density at radius 1 is 1.12 bits per heavy atom. The lowest BCUT2D eigenvalue weighted by Crippen LogP contribution is -2.46. The van der Waals surface area contributed by atoms with Crippen molar-refractivity contribution in [3.05, 3.63) is 29.8 Å². The third kappa shape index (κ3) is 9.00. The molecule has 0 bridgehead atoms. The van der Waals surface area contributed by atoms with Crippen LogP contribution in [0.5, 0.6) is 0 Å². The molecular weight excluding hydrogens is 336 g/mol. The number of aliphatic imine (C=N–C) groups is 1. The van der Waals surface area contributed by atoms with Gasteiger partial charge in [0.15, 0.2) is 5.96 Å². The number of carbonyl (C=O) groups is 2. The van der Waals surface area contributed by atoms with Crippen LogP contribution in [0.4, 0.5) is 5.69 Å². The molecule has 1 aromatic carbocycles. The molecule has 0 saturated carbocycles. The number of amides is 2. The highest BCUT2D eigenvalue weighted by molar-refractivity contribution is 5.86. The number of benzene rings is 1. The molecule has 0 aromatic heterocycles. The molecule has 9 nitrogen and oxygen atoms in total. The summed E-state index contributed by atoms with van der Waals surface area (Å²) in [6.07, 6.45) is 1.43. The van der Waals surface area contributed by atoms with Crippen LogP contribution in [0.2, 0.25) is 0 Å². The minimum absolute atomic E-state index is 0.00334. The Labute approximate surface area is 153 Å². The minimum atomic E-state index is -1.54. The zero-order valence-corrected chi connectivity index (χ0v) is 14.8. The highest BCUT2D eigenvalue weighted by atomic mass is 16.3. The molecule has 0 aliphatic carbocycles. The normalized spacial score (nSPS) is 11.5. The third-order valence-corrected chi connectivity index (χ3v) is 3.54. The minimum Gasteiger partial charge on any atom is -0.370 e. The van der Waals surface area contributed by atoms with E-state index in [0.29, 0.717) is 31.6 Å². The Hall–Kier alpha value is -2.65. The van der Waals surface area contributed by atoms with Crippen LogP contribution in [0.25, 0.3) is 0 Å². The monoisotopic (exact) mass is 364 g/mol. The van der Waals surface area contributed by atoms with Gasteiger partial charge in [0.1, 0.15) is 0 Å². The van der Waals surface area contributed by atoms with Crippen molar-refractivity contribution < 1.29 is 14.7 Å². The number of rotatable bonds is 11. The molecule has 1 rings (SSSR count). The van der Waals surface area contributed by atoms with Gasteiger partial charge in [-0.3, -0.25) is 9.59 Å². The predicted molar refractivity (Wildman–Crippen MR) is 100 cm³/mol. The van der Waals surface area contributed by atoms with Crippen molar-refractivity contribution in [1.29, 1.82) is 0 Å². The summed E-state index contributed by atoms with van der Waals surface area (Å²) in [6.45, 7) is 0.963. The van der Waals surface area contributed by atoms with E-state index in [4.69, 9.17) is 17.2 Å². The molecule has 0 heterocycles. The standard InChI is InChI=1S/C17H28N6O3/c18-10-1-2-11-21-15(25)16(26)23-14(24)5-3-4-12-6-8-13(9-7-12)22-17(19)20/h6-9,16,26H,1-5,10-11,18H2,(H,21,25)(H,23,24)(H4,19,20,22). The Bertz CT molecular complexity index is 599. The number of aryl methyl sites for hydroxylation is 1. The lowest BCUT2D eigenvalue weighted by molar-refractivity contribution is -0.136. The molecule has 0 saturated heterocycles. The van der Waals surface area contributed by atoms with Gasteiger partial charge < -0.3 is 32.9 Å². The van der Waals surface area contributed by atoms with E-state index in [1.165, 1.54) is 0 Å². The summed E-state index contributed by atoms with van der Waals surface area (Å²) < 4.78 is 0. The van der Waals surface area contributed by atoms with E-state index < -0.39 is 12.1 Å². The largest absolute Gasteiger partial charge is 0.370 e. The first-order valence-electron chi connectivity index (χ1n) is 8.56. The topological polar surface area (TPSA) is 169 Å². The summed E-state index contributed by atoms with van der Waals surface area (Å²) in [7, 11) is 0. The molecule has 144 valence electrons. The summed E-state index contributed by atoms with van der Waals surface area (Å²) in [6, 6.07) is 7.33. The van der Waals surface area contributed by atoms with E-state index in [2.05, 4.69) is 15.6 Å². The maximum absolute atomic E-state index is 11.8. The molecule has 0 spiro atoms. The molecule has 9 N–H and O–H groups in total. The summed E-state index contributed by atoms with van der Waals surface area (Å²) in [5.74, 6) is -1.01. The molecule has 26 heavy (non-hydrogen) atoms. The predicted octanol–water partition coefficient (Wildman–Crippen LogP) is -0.796. The van der Waals surface area contributed by atoms with Gasteiger partial charge in [0.2, 0.25) is 12.1 Å². The van der Waals surface area contributed by atoms with Crippen molar-refractivity contribution in [1.82, 2.24) is 10.6 Å². The van der Waals surface area contributed by atoms with E-state index in [9.17, 15) is 14.7 Å². The summed E-state index contributed by atoms with van der Waals surface area (Å²) >= 11 is 0. The zero-order valence-electron chi connectivity index (χ0n) is 14.8. The lowest BCUT2D eigenvalue weighted by atomic mass is 10.1. The molecule has 0 radical (unpaired) electrons. The fourth-order valence-electron chi connectivity index (χ4n) is 2.21. The fraction of sp³-hybridized carbons (Fsp3) is 0.471. The first-order valence-corrected chi connectivity index (χ1v) is 8.56. The second-order valence-corrected chi connectivity index (χ2v) is 5.81. The molecule has 9 heteroatoms. The van der Waals surface area contributed by atoms with E-state index in [1.807, 2.05) is 12.1 Å². The first kappa shape index (κ1) is 21.4. The molecule has 1 aromatic rings. The quantitative estimate of drug-likeness (QED) is 0.130. The number of hydrogen-bond acceptors (Lipinski definition) is 5. The highest BCUT2D eigenvalue weighted by Crippen LogP contribution is 2.14. The maximum atomic E-state index is 11.8. The molecule has 0 aliphatic heterocycles. The van der Waals surface area contributed by atoms with Crippen LogP contribution in [0.3, 0.4) is 0 Å². The molecular formula is C17H28N6O3. The van der Waals surface area contributed by atoms with Crippen LogP contribution in [0, 0.1) is 0 Å². The average Bonchev–Trinajstić information content (AvgIpc) is 2.59. The van der Waals surface area contributed by atoms with Gasteiger partial charge in [-0.25, -0.2) is 4.99 Å². The molecule has 2 amide bonds. The highest BCUT2D eigenvalue weighted by Gasteiger charge is 2.16. The van der Waals surface area contributed by atoms with Gasteiger partial charge in [0, 0.05) is 13.0 Å². The van der Waals surface area contributed by atoms with Crippen LogP contribution < -0.4 is 27.8 Å². The van der Waals surface area contributed by atoms with Gasteiger partial charge in [0.05, 0.1) is 5.69 Å². The van der Waals surface area contributed by atoms with Gasteiger partial charge in [-0.15, -0.1) is 0 Å².